The fourth-order valence-corrected chi connectivity index (χ4v) is 2.78. The summed E-state index contributed by atoms with van der Waals surface area (Å²) in [6.07, 6.45) is 1.72. The molecule has 1 aromatic carbocycles. The number of benzene rings is 1. The Bertz CT molecular complexity index is 838. The first-order chi connectivity index (χ1) is 11.0. The maximum Gasteiger partial charge on any atom is 0.140 e. The van der Waals surface area contributed by atoms with Crippen LogP contribution in [0, 0.1) is 0 Å². The Kier molecular flexibility index (Phi) is 4.66. The number of rotatable bonds is 4. The molecule has 2 heterocycles. The van der Waals surface area contributed by atoms with Crippen LogP contribution in [-0.2, 0) is 6.61 Å². The van der Waals surface area contributed by atoms with Gasteiger partial charge in [0.05, 0.1) is 16.2 Å². The van der Waals surface area contributed by atoms with E-state index in [1.807, 2.05) is 31.2 Å². The molecule has 0 radical (unpaired) electrons. The number of aromatic nitrogens is 2. The van der Waals surface area contributed by atoms with Crippen molar-refractivity contribution in [3.05, 3.63) is 64.0 Å². The normalized spacial score (nSPS) is 12.3. The minimum Gasteiger partial charge on any atom is -0.486 e. The van der Waals surface area contributed by atoms with Gasteiger partial charge in [0.25, 0.3) is 0 Å². The molecule has 0 aliphatic carbocycles. The average Bonchev–Trinajstić information content (AvgIpc) is 2.53. The highest BCUT2D eigenvalue weighted by molar-refractivity contribution is 6.33. The summed E-state index contributed by atoms with van der Waals surface area (Å²) in [7, 11) is 0. The Hall–Kier alpha value is -1.88. The van der Waals surface area contributed by atoms with Gasteiger partial charge in [0.2, 0.25) is 0 Å². The fraction of sp³-hybridized carbons (Fsp3) is 0.176. The van der Waals surface area contributed by atoms with Crippen LogP contribution in [0.2, 0.25) is 10.2 Å². The lowest BCUT2D eigenvalue weighted by molar-refractivity contribution is 0.302. The number of hydrogen-bond donors (Lipinski definition) is 1. The zero-order valence-electron chi connectivity index (χ0n) is 12.5. The summed E-state index contributed by atoms with van der Waals surface area (Å²) in [6, 6.07) is 10.9. The molecule has 118 valence electrons. The van der Waals surface area contributed by atoms with Gasteiger partial charge >= 0.3 is 0 Å². The number of nitrogens with two attached hydrogens (primary N) is 1. The summed E-state index contributed by atoms with van der Waals surface area (Å²) in [4.78, 5) is 8.60. The van der Waals surface area contributed by atoms with Gasteiger partial charge in [-0.05, 0) is 31.2 Å². The lowest BCUT2D eigenvalue weighted by Gasteiger charge is -2.12. The molecule has 1 atom stereocenters. The highest BCUT2D eigenvalue weighted by atomic mass is 35.5. The molecule has 6 heteroatoms. The van der Waals surface area contributed by atoms with E-state index < -0.39 is 0 Å². The molecular formula is C17H15Cl2N3O. The van der Waals surface area contributed by atoms with Gasteiger partial charge in [0.15, 0.2) is 0 Å². The third-order valence-corrected chi connectivity index (χ3v) is 4.04. The molecule has 0 amide bonds. The monoisotopic (exact) mass is 347 g/mol. The SMILES string of the molecule is C[C@H](N)c1cc2cc(Cl)c(OCc3ccccn3)cc2nc1Cl. The second kappa shape index (κ2) is 6.71. The summed E-state index contributed by atoms with van der Waals surface area (Å²) in [5, 5.41) is 1.77. The lowest BCUT2D eigenvalue weighted by atomic mass is 10.1. The summed E-state index contributed by atoms with van der Waals surface area (Å²) in [5.74, 6) is 0.543. The van der Waals surface area contributed by atoms with Crippen molar-refractivity contribution in [2.75, 3.05) is 0 Å². The third-order valence-electron chi connectivity index (χ3n) is 3.44. The Labute approximate surface area is 144 Å². The van der Waals surface area contributed by atoms with Crippen LogP contribution in [0.15, 0.2) is 42.6 Å². The van der Waals surface area contributed by atoms with Crippen LogP contribution < -0.4 is 10.5 Å². The second-order valence-electron chi connectivity index (χ2n) is 5.24. The van der Waals surface area contributed by atoms with Crippen LogP contribution in [-0.4, -0.2) is 9.97 Å². The molecule has 23 heavy (non-hydrogen) atoms. The smallest absolute Gasteiger partial charge is 0.140 e. The zero-order valence-corrected chi connectivity index (χ0v) is 14.0. The standard InChI is InChI=1S/C17H15Cl2N3O/c1-10(20)13-6-11-7-14(18)16(8-15(11)22-17(13)19)23-9-12-4-2-3-5-21-12/h2-8,10H,9,20H2,1H3/t10-/m0/s1. The molecule has 0 aliphatic heterocycles. The second-order valence-corrected chi connectivity index (χ2v) is 6.01. The first kappa shape index (κ1) is 16.0. The highest BCUT2D eigenvalue weighted by Crippen LogP contribution is 2.32. The third kappa shape index (κ3) is 3.55. The molecular weight excluding hydrogens is 333 g/mol. The van der Waals surface area contributed by atoms with E-state index in [0.717, 1.165) is 16.6 Å². The summed E-state index contributed by atoms with van der Waals surface area (Å²) >= 11 is 12.5. The van der Waals surface area contributed by atoms with Crippen LogP contribution in [0.25, 0.3) is 10.9 Å². The number of nitrogens with zero attached hydrogens (tertiary/aromatic N) is 2. The summed E-state index contributed by atoms with van der Waals surface area (Å²) in [6.45, 7) is 2.19. The average molecular weight is 348 g/mol. The predicted octanol–water partition coefficient (Wildman–Crippen LogP) is 4.54. The summed E-state index contributed by atoms with van der Waals surface area (Å²) in [5.41, 5.74) is 8.22. The van der Waals surface area contributed by atoms with Gasteiger partial charge in [-0.1, -0.05) is 29.3 Å². The highest BCUT2D eigenvalue weighted by Gasteiger charge is 2.12. The van der Waals surface area contributed by atoms with Crippen molar-refractivity contribution in [2.45, 2.75) is 19.6 Å². The zero-order chi connectivity index (χ0) is 16.4. The Morgan fingerprint density at radius 3 is 2.74 bits per heavy atom. The fourth-order valence-electron chi connectivity index (χ4n) is 2.23. The Balaban J connectivity index is 1.93. The molecule has 0 bridgehead atoms. The summed E-state index contributed by atoms with van der Waals surface area (Å²) < 4.78 is 5.75. The van der Waals surface area contributed by atoms with Gasteiger partial charge < -0.3 is 10.5 Å². The largest absolute Gasteiger partial charge is 0.486 e. The van der Waals surface area contributed by atoms with Crippen molar-refractivity contribution in [1.82, 2.24) is 9.97 Å². The quantitative estimate of drug-likeness (QED) is 0.704. The number of ether oxygens (including phenoxy) is 1. The Morgan fingerprint density at radius 1 is 1.22 bits per heavy atom. The van der Waals surface area contributed by atoms with Gasteiger partial charge in [-0.15, -0.1) is 0 Å². The maximum atomic E-state index is 6.30. The number of pyridine rings is 2. The predicted molar refractivity (Wildman–Crippen MR) is 92.9 cm³/mol. The van der Waals surface area contributed by atoms with Crippen LogP contribution >= 0.6 is 23.2 Å². The van der Waals surface area contributed by atoms with Crippen molar-refractivity contribution in [3.63, 3.8) is 0 Å². The van der Waals surface area contributed by atoms with Crippen molar-refractivity contribution in [2.24, 2.45) is 5.73 Å². The molecule has 2 N–H and O–H groups in total. The van der Waals surface area contributed by atoms with Gasteiger partial charge in [-0.2, -0.15) is 0 Å². The van der Waals surface area contributed by atoms with Crippen molar-refractivity contribution in [1.29, 1.82) is 0 Å². The number of fused-ring (bicyclic) bond motifs is 1. The first-order valence-electron chi connectivity index (χ1n) is 7.12. The molecule has 4 nitrogen and oxygen atoms in total. The van der Waals surface area contributed by atoms with E-state index >= 15 is 0 Å². The molecule has 0 saturated carbocycles. The van der Waals surface area contributed by atoms with E-state index in [4.69, 9.17) is 33.7 Å². The Morgan fingerprint density at radius 2 is 2.04 bits per heavy atom. The van der Waals surface area contributed by atoms with Gasteiger partial charge in [0.1, 0.15) is 17.5 Å². The van der Waals surface area contributed by atoms with E-state index in [1.165, 1.54) is 0 Å². The number of halogens is 2. The molecule has 0 saturated heterocycles. The van der Waals surface area contributed by atoms with E-state index in [2.05, 4.69) is 9.97 Å². The first-order valence-corrected chi connectivity index (χ1v) is 7.88. The molecule has 2 aromatic heterocycles. The van der Waals surface area contributed by atoms with Crippen molar-refractivity contribution in [3.8, 4) is 5.75 Å². The van der Waals surface area contributed by atoms with E-state index in [0.29, 0.717) is 28.0 Å². The van der Waals surface area contributed by atoms with Gasteiger partial charge in [-0.3, -0.25) is 4.98 Å². The van der Waals surface area contributed by atoms with Crippen molar-refractivity contribution < 1.29 is 4.74 Å². The topological polar surface area (TPSA) is 61.0 Å². The molecule has 3 rings (SSSR count). The van der Waals surface area contributed by atoms with E-state index in [9.17, 15) is 0 Å². The molecule has 0 unspecified atom stereocenters. The van der Waals surface area contributed by atoms with Crippen LogP contribution in [0.4, 0.5) is 0 Å². The maximum absolute atomic E-state index is 6.30. The van der Waals surface area contributed by atoms with E-state index in [1.54, 1.807) is 18.3 Å². The van der Waals surface area contributed by atoms with Gasteiger partial charge in [0, 0.05) is 29.3 Å². The molecule has 0 spiro atoms. The lowest BCUT2D eigenvalue weighted by Crippen LogP contribution is -2.06. The van der Waals surface area contributed by atoms with Crippen LogP contribution in [0.3, 0.4) is 0 Å². The van der Waals surface area contributed by atoms with Crippen LogP contribution in [0.5, 0.6) is 5.75 Å². The van der Waals surface area contributed by atoms with E-state index in [-0.39, 0.29) is 6.04 Å². The van der Waals surface area contributed by atoms with Gasteiger partial charge in [-0.25, -0.2) is 4.98 Å². The molecule has 0 fully saturated rings. The molecule has 3 aromatic rings. The minimum atomic E-state index is -0.196. The van der Waals surface area contributed by atoms with Crippen LogP contribution in [0.1, 0.15) is 24.2 Å². The molecule has 0 aliphatic rings. The minimum absolute atomic E-state index is 0.196. The number of hydrogen-bond acceptors (Lipinski definition) is 4. The van der Waals surface area contributed by atoms with Crippen molar-refractivity contribution >= 4 is 34.1 Å².